The van der Waals surface area contributed by atoms with Gasteiger partial charge in [-0.1, -0.05) is 61.9 Å². The van der Waals surface area contributed by atoms with Gasteiger partial charge in [-0.2, -0.15) is 0 Å². The molecule has 136 valence electrons. The van der Waals surface area contributed by atoms with Crippen molar-refractivity contribution in [1.29, 1.82) is 0 Å². The van der Waals surface area contributed by atoms with Crippen molar-refractivity contribution in [2.75, 3.05) is 13.7 Å². The van der Waals surface area contributed by atoms with Gasteiger partial charge in [0.1, 0.15) is 12.1 Å². The molecule has 26 heavy (non-hydrogen) atoms. The lowest BCUT2D eigenvalue weighted by Crippen LogP contribution is -2.29. The summed E-state index contributed by atoms with van der Waals surface area (Å²) in [6.07, 6.45) is 0.451. The molecule has 0 saturated carbocycles. The molecule has 0 radical (unpaired) electrons. The number of methoxy groups -OCH3 is 1. The minimum Gasteiger partial charge on any atom is -0.599 e. The number of nitrogens with zero attached hydrogens (tertiary/aromatic N) is 1. The summed E-state index contributed by atoms with van der Waals surface area (Å²) >= 11 is 0. The molecule has 0 unspecified atom stereocenters. The minimum atomic E-state index is -0.805. The standard InChI is InChI=1S/C21H23NO4/c1-3-8-19(20(23)25-2)22-21(24)26-13-18-16-11-6-4-9-14(16)15-10-5-7-12-17(15)18/h4-7,9-12,18-19H,3,8,13H2,1-2H3,(H,22,24)/p-1/t19-/m0/s1. The van der Waals surface area contributed by atoms with E-state index in [1.807, 2.05) is 31.2 Å². The number of rotatable bonds is 6. The van der Waals surface area contributed by atoms with Gasteiger partial charge >= 0.3 is 5.97 Å². The summed E-state index contributed by atoms with van der Waals surface area (Å²) in [4.78, 5) is 15.6. The van der Waals surface area contributed by atoms with Gasteiger partial charge in [-0.05, 0) is 28.7 Å². The van der Waals surface area contributed by atoms with Crippen LogP contribution in [0.15, 0.2) is 53.5 Å². The van der Waals surface area contributed by atoms with Gasteiger partial charge in [-0.25, -0.2) is 4.79 Å². The number of benzene rings is 2. The molecule has 3 rings (SSSR count). The maximum absolute atomic E-state index is 12.1. The third-order valence-corrected chi connectivity index (χ3v) is 4.63. The number of fused-ring (bicyclic) bond motifs is 3. The molecule has 5 heteroatoms. The molecule has 0 aromatic heterocycles. The van der Waals surface area contributed by atoms with E-state index in [4.69, 9.17) is 9.47 Å². The van der Waals surface area contributed by atoms with E-state index in [0.29, 0.717) is 6.42 Å². The van der Waals surface area contributed by atoms with Gasteiger partial charge in [-0.15, -0.1) is 0 Å². The van der Waals surface area contributed by atoms with E-state index in [9.17, 15) is 9.90 Å². The molecule has 0 bridgehead atoms. The second kappa shape index (κ2) is 8.04. The smallest absolute Gasteiger partial charge is 0.330 e. The van der Waals surface area contributed by atoms with Crippen LogP contribution in [-0.4, -0.2) is 31.8 Å². The fraction of sp³-hybridized carbons (Fsp3) is 0.333. The molecule has 1 aliphatic carbocycles. The topological polar surface area (TPSA) is 71.0 Å². The number of hydrogen-bond acceptors (Lipinski definition) is 5. The van der Waals surface area contributed by atoms with Crippen LogP contribution in [0, 0.1) is 0 Å². The molecular weight excluding hydrogens is 330 g/mol. The van der Waals surface area contributed by atoms with E-state index in [-0.39, 0.29) is 12.5 Å². The SMILES string of the molecule is CCC[C@H](N=C([O-])OCC1c2ccccc2-c2ccccc21)C(=O)OC. The average Bonchev–Trinajstić information content (AvgIpc) is 2.99. The first-order chi connectivity index (χ1) is 12.7. The van der Waals surface area contributed by atoms with Crippen LogP contribution in [0.4, 0.5) is 0 Å². The maximum atomic E-state index is 12.1. The Morgan fingerprint density at radius 1 is 1.12 bits per heavy atom. The Hall–Kier alpha value is -2.82. The lowest BCUT2D eigenvalue weighted by molar-refractivity contribution is -0.251. The Morgan fingerprint density at radius 3 is 2.23 bits per heavy atom. The number of esters is 1. The Balaban J connectivity index is 1.77. The zero-order valence-corrected chi connectivity index (χ0v) is 15.0. The highest BCUT2D eigenvalue weighted by molar-refractivity contribution is 5.80. The summed E-state index contributed by atoms with van der Waals surface area (Å²) < 4.78 is 10.1. The Labute approximate surface area is 153 Å². The van der Waals surface area contributed by atoms with Crippen molar-refractivity contribution in [3.63, 3.8) is 0 Å². The van der Waals surface area contributed by atoms with Crippen molar-refractivity contribution in [3.8, 4) is 11.1 Å². The van der Waals surface area contributed by atoms with Crippen LogP contribution in [0.25, 0.3) is 11.1 Å². The van der Waals surface area contributed by atoms with Crippen LogP contribution in [0.3, 0.4) is 0 Å². The zero-order valence-electron chi connectivity index (χ0n) is 15.0. The van der Waals surface area contributed by atoms with E-state index >= 15 is 0 Å². The highest BCUT2D eigenvalue weighted by Crippen LogP contribution is 2.44. The van der Waals surface area contributed by atoms with Crippen LogP contribution in [-0.2, 0) is 14.3 Å². The maximum Gasteiger partial charge on any atom is 0.330 e. The van der Waals surface area contributed by atoms with E-state index in [0.717, 1.165) is 17.5 Å². The van der Waals surface area contributed by atoms with Gasteiger partial charge in [0.15, 0.2) is 0 Å². The van der Waals surface area contributed by atoms with Crippen LogP contribution in [0.1, 0.15) is 36.8 Å². The van der Waals surface area contributed by atoms with E-state index < -0.39 is 18.1 Å². The average molecular weight is 352 g/mol. The second-order valence-corrected chi connectivity index (χ2v) is 6.26. The summed E-state index contributed by atoms with van der Waals surface area (Å²) in [7, 11) is 1.29. The summed E-state index contributed by atoms with van der Waals surface area (Å²) in [6, 6.07) is 15.4. The van der Waals surface area contributed by atoms with Crippen LogP contribution < -0.4 is 5.11 Å². The highest BCUT2D eigenvalue weighted by Gasteiger charge is 2.27. The molecule has 0 amide bonds. The van der Waals surface area contributed by atoms with Crippen LogP contribution in [0.2, 0.25) is 0 Å². The van der Waals surface area contributed by atoms with Gasteiger partial charge in [0.2, 0.25) is 0 Å². The van der Waals surface area contributed by atoms with Gasteiger partial charge in [0.25, 0.3) is 0 Å². The van der Waals surface area contributed by atoms with Crippen molar-refractivity contribution >= 4 is 12.1 Å². The normalized spacial score (nSPS) is 14.5. The predicted octanol–water partition coefficient (Wildman–Crippen LogP) is 2.87. The minimum absolute atomic E-state index is 0.0238. The lowest BCUT2D eigenvalue weighted by atomic mass is 9.98. The Bertz CT molecular complexity index is 770. The molecule has 0 N–H and O–H groups in total. The van der Waals surface area contributed by atoms with Crippen molar-refractivity contribution in [2.45, 2.75) is 31.7 Å². The number of hydrogen-bond donors (Lipinski definition) is 0. The quantitative estimate of drug-likeness (QED) is 0.455. The molecule has 1 aliphatic rings. The monoisotopic (exact) mass is 352 g/mol. The Kier molecular flexibility index (Phi) is 5.56. The molecule has 0 aliphatic heterocycles. The highest BCUT2D eigenvalue weighted by atomic mass is 16.6. The molecular formula is C21H22NO4-. The third kappa shape index (κ3) is 3.57. The first kappa shape index (κ1) is 18.0. The van der Waals surface area contributed by atoms with Gasteiger partial charge < -0.3 is 14.6 Å². The molecule has 5 nitrogen and oxygen atoms in total. The molecule has 1 atom stereocenters. The predicted molar refractivity (Wildman–Crippen MR) is 97.8 cm³/mol. The summed E-state index contributed by atoms with van der Waals surface area (Å²) in [5.41, 5.74) is 4.61. The first-order valence-electron chi connectivity index (χ1n) is 8.79. The van der Waals surface area contributed by atoms with E-state index in [1.165, 1.54) is 18.2 Å². The van der Waals surface area contributed by atoms with Gasteiger partial charge in [-0.3, -0.25) is 4.99 Å². The van der Waals surface area contributed by atoms with Crippen molar-refractivity contribution in [2.24, 2.45) is 4.99 Å². The van der Waals surface area contributed by atoms with E-state index in [1.54, 1.807) is 0 Å². The number of carbonyl (C=O) groups is 1. The van der Waals surface area contributed by atoms with Crippen molar-refractivity contribution in [1.82, 2.24) is 0 Å². The summed E-state index contributed by atoms with van der Waals surface area (Å²) in [6.45, 7) is 2.11. The molecule has 2 aromatic rings. The second-order valence-electron chi connectivity index (χ2n) is 6.26. The zero-order chi connectivity index (χ0) is 18.5. The molecule has 0 spiro atoms. The fourth-order valence-corrected chi connectivity index (χ4v) is 3.40. The van der Waals surface area contributed by atoms with Crippen LogP contribution in [0.5, 0.6) is 0 Å². The van der Waals surface area contributed by atoms with Gasteiger partial charge in [0, 0.05) is 12.5 Å². The first-order valence-corrected chi connectivity index (χ1v) is 8.79. The van der Waals surface area contributed by atoms with Crippen LogP contribution >= 0.6 is 0 Å². The molecule has 0 heterocycles. The number of ether oxygens (including phenoxy) is 2. The lowest BCUT2D eigenvalue weighted by Gasteiger charge is -2.22. The molecule has 2 aromatic carbocycles. The van der Waals surface area contributed by atoms with E-state index in [2.05, 4.69) is 29.3 Å². The molecule has 0 fully saturated rings. The summed E-state index contributed by atoms with van der Waals surface area (Å²) in [5.74, 6) is -0.537. The summed E-state index contributed by atoms with van der Waals surface area (Å²) in [5, 5.41) is 12.1. The Morgan fingerprint density at radius 2 is 1.69 bits per heavy atom. The number of aliphatic imine (C=N–C) groups is 1. The fourth-order valence-electron chi connectivity index (χ4n) is 3.40. The van der Waals surface area contributed by atoms with Gasteiger partial charge in [0.05, 0.1) is 7.11 Å². The molecule has 0 saturated heterocycles. The largest absolute Gasteiger partial charge is 0.599 e. The van der Waals surface area contributed by atoms with Crippen molar-refractivity contribution < 1.29 is 19.4 Å². The number of carbonyl (C=O) groups excluding carboxylic acids is 1. The third-order valence-electron chi connectivity index (χ3n) is 4.63. The van der Waals surface area contributed by atoms with Crippen molar-refractivity contribution in [3.05, 3.63) is 59.7 Å².